The monoisotopic (exact) mass is 272 g/mol. The zero-order valence-electron chi connectivity index (χ0n) is 10.00. The number of hydrogen-bond acceptors (Lipinski definition) is 2. The fourth-order valence-corrected chi connectivity index (χ4v) is 3.00. The maximum atomic E-state index is 6.27. The Hall–Kier alpha value is -0.280. The van der Waals surface area contributed by atoms with Crippen LogP contribution >= 0.6 is 23.2 Å². The summed E-state index contributed by atoms with van der Waals surface area (Å²) in [6.07, 6.45) is 2.15. The molecular formula is C13H18Cl2N2. The van der Waals surface area contributed by atoms with E-state index in [1.165, 1.54) is 0 Å². The van der Waals surface area contributed by atoms with E-state index in [1.807, 2.05) is 18.2 Å². The lowest BCUT2D eigenvalue weighted by molar-refractivity contribution is 0.248. The molecule has 1 fully saturated rings. The van der Waals surface area contributed by atoms with E-state index in [-0.39, 0.29) is 12.1 Å². The lowest BCUT2D eigenvalue weighted by Gasteiger charge is -2.27. The fraction of sp³-hybridized carbons (Fsp3) is 0.538. The topological polar surface area (TPSA) is 29.3 Å². The van der Waals surface area contributed by atoms with Gasteiger partial charge in [-0.05, 0) is 43.1 Å². The van der Waals surface area contributed by atoms with Gasteiger partial charge in [-0.15, -0.1) is 0 Å². The predicted molar refractivity (Wildman–Crippen MR) is 73.7 cm³/mol. The lowest BCUT2D eigenvalue weighted by atomic mass is 10.0. The summed E-state index contributed by atoms with van der Waals surface area (Å²) in [6, 6.07) is 5.98. The number of nitrogens with two attached hydrogens (primary N) is 1. The molecule has 4 heteroatoms. The molecule has 2 atom stereocenters. The first kappa shape index (κ1) is 13.2. The van der Waals surface area contributed by atoms with E-state index < -0.39 is 0 Å². The molecule has 0 saturated carbocycles. The first-order valence-corrected chi connectivity index (χ1v) is 6.83. The van der Waals surface area contributed by atoms with Gasteiger partial charge in [-0.3, -0.25) is 4.90 Å². The van der Waals surface area contributed by atoms with Crippen LogP contribution in [0.4, 0.5) is 0 Å². The Labute approximate surface area is 113 Å². The second-order valence-electron chi connectivity index (χ2n) is 4.60. The van der Waals surface area contributed by atoms with Crippen molar-refractivity contribution in [2.45, 2.75) is 31.8 Å². The van der Waals surface area contributed by atoms with Crippen LogP contribution in [0.5, 0.6) is 0 Å². The molecule has 2 rings (SSSR count). The van der Waals surface area contributed by atoms with Crippen LogP contribution in [0.15, 0.2) is 18.2 Å². The number of halogens is 2. The van der Waals surface area contributed by atoms with Crippen LogP contribution in [-0.2, 0) is 0 Å². The SMILES string of the molecule is CCCN1CCC(N)C1c1cc(Cl)ccc1Cl. The summed E-state index contributed by atoms with van der Waals surface area (Å²) in [7, 11) is 0. The number of likely N-dealkylation sites (tertiary alicyclic amines) is 1. The lowest BCUT2D eigenvalue weighted by Crippen LogP contribution is -2.32. The largest absolute Gasteiger partial charge is 0.326 e. The molecule has 2 unspecified atom stereocenters. The van der Waals surface area contributed by atoms with Gasteiger partial charge in [-0.2, -0.15) is 0 Å². The van der Waals surface area contributed by atoms with Crippen LogP contribution in [0.25, 0.3) is 0 Å². The van der Waals surface area contributed by atoms with Crippen molar-refractivity contribution in [3.05, 3.63) is 33.8 Å². The molecule has 2 nitrogen and oxygen atoms in total. The quantitative estimate of drug-likeness (QED) is 0.913. The summed E-state index contributed by atoms with van der Waals surface area (Å²) in [4.78, 5) is 2.40. The average Bonchev–Trinajstić information content (AvgIpc) is 2.64. The van der Waals surface area contributed by atoms with Crippen LogP contribution < -0.4 is 5.73 Å². The predicted octanol–water partition coefficient (Wildman–Crippen LogP) is 3.48. The maximum Gasteiger partial charge on any atom is 0.0514 e. The smallest absolute Gasteiger partial charge is 0.0514 e. The van der Waals surface area contributed by atoms with E-state index >= 15 is 0 Å². The molecule has 1 saturated heterocycles. The van der Waals surface area contributed by atoms with Crippen LogP contribution in [0, 0.1) is 0 Å². The van der Waals surface area contributed by atoms with Gasteiger partial charge in [0.15, 0.2) is 0 Å². The maximum absolute atomic E-state index is 6.27. The molecule has 0 aromatic heterocycles. The highest BCUT2D eigenvalue weighted by molar-refractivity contribution is 6.33. The van der Waals surface area contributed by atoms with Crippen molar-refractivity contribution in [2.24, 2.45) is 5.73 Å². The van der Waals surface area contributed by atoms with E-state index in [2.05, 4.69) is 11.8 Å². The Bertz CT molecular complexity index is 393. The first-order chi connectivity index (χ1) is 8.13. The molecular weight excluding hydrogens is 255 g/mol. The molecule has 1 aliphatic rings. The summed E-state index contributed by atoms with van der Waals surface area (Å²) >= 11 is 12.3. The molecule has 0 radical (unpaired) electrons. The highest BCUT2D eigenvalue weighted by atomic mass is 35.5. The molecule has 1 heterocycles. The van der Waals surface area contributed by atoms with Crippen molar-refractivity contribution in [1.82, 2.24) is 4.90 Å². The third-order valence-corrected chi connectivity index (χ3v) is 3.92. The number of rotatable bonds is 3. The summed E-state index contributed by atoms with van der Waals surface area (Å²) < 4.78 is 0. The van der Waals surface area contributed by atoms with Crippen molar-refractivity contribution in [2.75, 3.05) is 13.1 Å². The van der Waals surface area contributed by atoms with Gasteiger partial charge in [0.25, 0.3) is 0 Å². The highest BCUT2D eigenvalue weighted by Gasteiger charge is 2.33. The normalized spacial score (nSPS) is 25.4. The third kappa shape index (κ3) is 2.76. The molecule has 94 valence electrons. The minimum atomic E-state index is 0.150. The summed E-state index contributed by atoms with van der Waals surface area (Å²) in [6.45, 7) is 4.28. The Morgan fingerprint density at radius 3 is 2.88 bits per heavy atom. The minimum absolute atomic E-state index is 0.150. The Balaban J connectivity index is 2.32. The van der Waals surface area contributed by atoms with Gasteiger partial charge in [-0.25, -0.2) is 0 Å². The number of benzene rings is 1. The van der Waals surface area contributed by atoms with Crippen molar-refractivity contribution in [3.8, 4) is 0 Å². The van der Waals surface area contributed by atoms with Crippen LogP contribution in [0.2, 0.25) is 10.0 Å². The molecule has 1 aromatic rings. The Morgan fingerprint density at radius 2 is 2.18 bits per heavy atom. The second-order valence-corrected chi connectivity index (χ2v) is 5.44. The van der Waals surface area contributed by atoms with E-state index in [0.717, 1.165) is 41.5 Å². The van der Waals surface area contributed by atoms with Gasteiger partial charge < -0.3 is 5.73 Å². The van der Waals surface area contributed by atoms with Crippen molar-refractivity contribution in [3.63, 3.8) is 0 Å². The van der Waals surface area contributed by atoms with E-state index in [9.17, 15) is 0 Å². The second kappa shape index (κ2) is 5.57. The standard InChI is InChI=1S/C13H18Cl2N2/c1-2-6-17-7-5-12(16)13(17)10-8-9(14)3-4-11(10)15/h3-4,8,12-13H,2,5-7,16H2,1H3. The third-order valence-electron chi connectivity index (χ3n) is 3.34. The van der Waals surface area contributed by atoms with Gasteiger partial charge in [0.1, 0.15) is 0 Å². The zero-order chi connectivity index (χ0) is 12.4. The molecule has 2 N–H and O–H groups in total. The van der Waals surface area contributed by atoms with Gasteiger partial charge in [-0.1, -0.05) is 30.1 Å². The Morgan fingerprint density at radius 1 is 1.41 bits per heavy atom. The molecule has 1 aliphatic heterocycles. The highest BCUT2D eigenvalue weighted by Crippen LogP contribution is 2.36. The van der Waals surface area contributed by atoms with E-state index in [0.29, 0.717) is 0 Å². The van der Waals surface area contributed by atoms with Gasteiger partial charge in [0, 0.05) is 22.6 Å². The molecule has 0 aliphatic carbocycles. The first-order valence-electron chi connectivity index (χ1n) is 6.08. The summed E-state index contributed by atoms with van der Waals surface area (Å²) in [5.74, 6) is 0. The molecule has 1 aromatic carbocycles. The molecule has 0 spiro atoms. The minimum Gasteiger partial charge on any atom is -0.326 e. The molecule has 0 amide bonds. The van der Waals surface area contributed by atoms with Crippen LogP contribution in [0.1, 0.15) is 31.4 Å². The molecule has 17 heavy (non-hydrogen) atoms. The number of hydrogen-bond donors (Lipinski definition) is 1. The number of nitrogens with zero attached hydrogens (tertiary/aromatic N) is 1. The fourth-order valence-electron chi connectivity index (χ4n) is 2.59. The van der Waals surface area contributed by atoms with E-state index in [1.54, 1.807) is 0 Å². The van der Waals surface area contributed by atoms with Gasteiger partial charge >= 0.3 is 0 Å². The van der Waals surface area contributed by atoms with E-state index in [4.69, 9.17) is 28.9 Å². The van der Waals surface area contributed by atoms with Gasteiger partial charge in [0.2, 0.25) is 0 Å². The summed E-state index contributed by atoms with van der Waals surface area (Å²) in [5, 5.41) is 1.48. The van der Waals surface area contributed by atoms with Crippen molar-refractivity contribution in [1.29, 1.82) is 0 Å². The van der Waals surface area contributed by atoms with Crippen LogP contribution in [-0.4, -0.2) is 24.0 Å². The molecule has 0 bridgehead atoms. The van der Waals surface area contributed by atoms with Crippen molar-refractivity contribution < 1.29 is 0 Å². The van der Waals surface area contributed by atoms with Crippen molar-refractivity contribution >= 4 is 23.2 Å². The van der Waals surface area contributed by atoms with Crippen LogP contribution in [0.3, 0.4) is 0 Å². The average molecular weight is 273 g/mol. The Kier molecular flexibility index (Phi) is 4.31. The zero-order valence-corrected chi connectivity index (χ0v) is 11.5. The van der Waals surface area contributed by atoms with Gasteiger partial charge in [0.05, 0.1) is 6.04 Å². The summed E-state index contributed by atoms with van der Waals surface area (Å²) in [5.41, 5.74) is 7.27.